The fourth-order valence-corrected chi connectivity index (χ4v) is 4.78. The Hall–Kier alpha value is -4.05. The number of carbonyl (C=O) groups excluding carboxylic acids is 1. The average molecular weight is 482 g/mol. The number of anilines is 1. The number of fused-ring (bicyclic) bond motifs is 1. The summed E-state index contributed by atoms with van der Waals surface area (Å²) >= 11 is 0. The van der Waals surface area contributed by atoms with Crippen LogP contribution in [0.4, 0.5) is 10.1 Å². The number of hydrogen-bond acceptors (Lipinski definition) is 6. The molecule has 0 aliphatic carbocycles. The van der Waals surface area contributed by atoms with Crippen molar-refractivity contribution < 1.29 is 22.3 Å². The number of pyridine rings is 2. The lowest BCUT2D eigenvalue weighted by Gasteiger charge is -2.14. The van der Waals surface area contributed by atoms with Gasteiger partial charge in [0.25, 0.3) is 0 Å². The third kappa shape index (κ3) is 4.53. The fraction of sp³-hybridized carbons (Fsp3) is 0.125. The molecule has 4 rings (SSSR count). The van der Waals surface area contributed by atoms with E-state index >= 15 is 0 Å². The highest BCUT2D eigenvalue weighted by Gasteiger charge is 2.25. The van der Waals surface area contributed by atoms with E-state index in [9.17, 15) is 22.4 Å². The van der Waals surface area contributed by atoms with E-state index in [0.717, 1.165) is 6.20 Å². The number of rotatable bonds is 6. The second kappa shape index (κ2) is 9.06. The van der Waals surface area contributed by atoms with Gasteiger partial charge in [-0.15, -0.1) is 0 Å². The summed E-state index contributed by atoms with van der Waals surface area (Å²) in [5.74, 6) is -0.489. The van der Waals surface area contributed by atoms with Gasteiger partial charge in [0.15, 0.2) is 0 Å². The van der Waals surface area contributed by atoms with Gasteiger partial charge in [-0.1, -0.05) is 0 Å². The minimum atomic E-state index is -4.21. The van der Waals surface area contributed by atoms with Crippen molar-refractivity contribution in [2.75, 3.05) is 12.4 Å². The molecule has 2 aromatic heterocycles. The summed E-state index contributed by atoms with van der Waals surface area (Å²) in [4.78, 5) is 29.6. The molecule has 0 saturated heterocycles. The molecule has 2 aromatic carbocycles. The minimum Gasteiger partial charge on any atom is -0.497 e. The molecule has 0 spiro atoms. The Morgan fingerprint density at radius 1 is 1.06 bits per heavy atom. The van der Waals surface area contributed by atoms with Gasteiger partial charge in [0.05, 0.1) is 17.4 Å². The summed E-state index contributed by atoms with van der Waals surface area (Å²) in [5, 5.41) is 2.68. The molecule has 0 fully saturated rings. The Morgan fingerprint density at radius 2 is 1.74 bits per heavy atom. The summed E-state index contributed by atoms with van der Waals surface area (Å²) < 4.78 is 46.2. The standard InChI is InChI=1S/C24H20FN3O5S/c1-15-3-12-20-23(30)21(34(31,32)19-10-8-18(33-2)9-11-19)13-28(24(20)26-15)14-22(29)27-17-6-4-16(25)5-7-17/h3-13H,14H2,1-2H3,(H,27,29). The van der Waals surface area contributed by atoms with Crippen LogP contribution in [0.5, 0.6) is 5.75 Å². The van der Waals surface area contributed by atoms with E-state index in [-0.39, 0.29) is 22.5 Å². The number of methoxy groups -OCH3 is 1. The topological polar surface area (TPSA) is 107 Å². The van der Waals surface area contributed by atoms with Crippen molar-refractivity contribution in [3.63, 3.8) is 0 Å². The van der Waals surface area contributed by atoms with Crippen molar-refractivity contribution in [2.24, 2.45) is 0 Å². The summed E-state index contributed by atoms with van der Waals surface area (Å²) in [5.41, 5.74) is 0.416. The molecule has 0 radical (unpaired) electrons. The van der Waals surface area contributed by atoms with E-state index in [1.54, 1.807) is 13.0 Å². The fourth-order valence-electron chi connectivity index (χ4n) is 3.42. The number of sulfone groups is 1. The van der Waals surface area contributed by atoms with E-state index in [1.165, 1.54) is 66.3 Å². The predicted octanol–water partition coefficient (Wildman–Crippen LogP) is 3.32. The number of amides is 1. The highest BCUT2D eigenvalue weighted by molar-refractivity contribution is 7.91. The van der Waals surface area contributed by atoms with Gasteiger partial charge in [-0.2, -0.15) is 0 Å². The van der Waals surface area contributed by atoms with E-state index in [4.69, 9.17) is 4.74 Å². The van der Waals surface area contributed by atoms with Gasteiger partial charge in [-0.25, -0.2) is 17.8 Å². The lowest BCUT2D eigenvalue weighted by Crippen LogP contribution is -2.24. The van der Waals surface area contributed by atoms with Gasteiger partial charge < -0.3 is 14.6 Å². The van der Waals surface area contributed by atoms with Crippen LogP contribution in [-0.2, 0) is 21.2 Å². The molecule has 174 valence electrons. The first-order valence-electron chi connectivity index (χ1n) is 10.1. The average Bonchev–Trinajstić information content (AvgIpc) is 2.82. The number of benzene rings is 2. The summed E-state index contributed by atoms with van der Waals surface area (Å²) in [6, 6.07) is 13.9. The molecule has 8 nitrogen and oxygen atoms in total. The molecule has 1 N–H and O–H groups in total. The van der Waals surface area contributed by atoms with Crippen LogP contribution in [0.3, 0.4) is 0 Å². The number of nitrogens with one attached hydrogen (secondary N) is 1. The molecule has 0 bridgehead atoms. The Labute approximate surface area is 194 Å². The summed E-state index contributed by atoms with van der Waals surface area (Å²) in [6.07, 6.45) is 1.13. The number of aromatic nitrogens is 2. The number of hydrogen-bond donors (Lipinski definition) is 1. The van der Waals surface area contributed by atoms with Crippen molar-refractivity contribution in [1.82, 2.24) is 9.55 Å². The predicted molar refractivity (Wildman–Crippen MR) is 124 cm³/mol. The Bertz CT molecular complexity index is 1550. The van der Waals surface area contributed by atoms with Crippen molar-refractivity contribution in [1.29, 1.82) is 0 Å². The Kier molecular flexibility index (Phi) is 6.16. The molecular weight excluding hydrogens is 461 g/mol. The molecule has 2 heterocycles. The summed E-state index contributed by atoms with van der Waals surface area (Å²) in [6.45, 7) is 1.39. The second-order valence-corrected chi connectivity index (χ2v) is 9.43. The molecule has 4 aromatic rings. The van der Waals surface area contributed by atoms with Gasteiger partial charge in [0, 0.05) is 17.6 Å². The van der Waals surface area contributed by atoms with Crippen LogP contribution in [0.25, 0.3) is 11.0 Å². The second-order valence-electron chi connectivity index (χ2n) is 7.51. The zero-order chi connectivity index (χ0) is 24.5. The normalized spacial score (nSPS) is 11.4. The van der Waals surface area contributed by atoms with Gasteiger partial charge in [-0.3, -0.25) is 9.59 Å². The number of nitrogens with zero attached hydrogens (tertiary/aromatic N) is 2. The lowest BCUT2D eigenvalue weighted by atomic mass is 10.2. The molecule has 10 heteroatoms. The van der Waals surface area contributed by atoms with E-state index < -0.39 is 31.9 Å². The molecule has 0 unspecified atom stereocenters. The Balaban J connectivity index is 1.80. The van der Waals surface area contributed by atoms with Crippen molar-refractivity contribution in [2.45, 2.75) is 23.3 Å². The molecule has 0 saturated carbocycles. The first-order valence-corrected chi connectivity index (χ1v) is 11.6. The monoisotopic (exact) mass is 481 g/mol. The van der Waals surface area contributed by atoms with Gasteiger partial charge in [0.2, 0.25) is 21.2 Å². The van der Waals surface area contributed by atoms with Crippen LogP contribution >= 0.6 is 0 Å². The zero-order valence-corrected chi connectivity index (χ0v) is 19.1. The first-order chi connectivity index (χ1) is 16.2. The largest absolute Gasteiger partial charge is 0.497 e. The smallest absolute Gasteiger partial charge is 0.244 e. The minimum absolute atomic E-state index is 0.0646. The van der Waals surface area contributed by atoms with Crippen LogP contribution in [0, 0.1) is 12.7 Å². The van der Waals surface area contributed by atoms with Crippen LogP contribution in [-0.4, -0.2) is 31.0 Å². The van der Waals surface area contributed by atoms with Crippen molar-refractivity contribution >= 4 is 32.5 Å². The molecule has 1 amide bonds. The zero-order valence-electron chi connectivity index (χ0n) is 18.3. The number of carbonyl (C=O) groups is 1. The SMILES string of the molecule is COc1ccc(S(=O)(=O)c2cn(CC(=O)Nc3ccc(F)cc3)c3nc(C)ccc3c2=O)cc1. The quantitative estimate of drug-likeness (QED) is 0.453. The van der Waals surface area contributed by atoms with E-state index in [1.807, 2.05) is 0 Å². The molecule has 0 atom stereocenters. The van der Waals surface area contributed by atoms with Crippen LogP contribution in [0.1, 0.15) is 5.69 Å². The van der Waals surface area contributed by atoms with Gasteiger partial charge in [-0.05, 0) is 67.6 Å². The highest BCUT2D eigenvalue weighted by Crippen LogP contribution is 2.23. The number of halogens is 1. The highest BCUT2D eigenvalue weighted by atomic mass is 32.2. The van der Waals surface area contributed by atoms with E-state index in [0.29, 0.717) is 17.1 Å². The summed E-state index contributed by atoms with van der Waals surface area (Å²) in [7, 11) is -2.75. The van der Waals surface area contributed by atoms with Crippen molar-refractivity contribution in [3.05, 3.63) is 88.6 Å². The third-order valence-electron chi connectivity index (χ3n) is 5.13. The van der Waals surface area contributed by atoms with Crippen LogP contribution < -0.4 is 15.5 Å². The Morgan fingerprint density at radius 3 is 2.38 bits per heavy atom. The molecular formula is C24H20FN3O5S. The molecule has 34 heavy (non-hydrogen) atoms. The third-order valence-corrected chi connectivity index (χ3v) is 6.89. The number of ether oxygens (including phenoxy) is 1. The molecule has 0 aliphatic heterocycles. The molecule has 0 aliphatic rings. The van der Waals surface area contributed by atoms with Gasteiger partial charge >= 0.3 is 0 Å². The van der Waals surface area contributed by atoms with Crippen LogP contribution in [0.15, 0.2) is 81.4 Å². The number of aryl methyl sites for hydroxylation is 1. The van der Waals surface area contributed by atoms with Gasteiger partial charge in [0.1, 0.15) is 28.7 Å². The van der Waals surface area contributed by atoms with Crippen molar-refractivity contribution in [3.8, 4) is 5.75 Å². The lowest BCUT2D eigenvalue weighted by molar-refractivity contribution is -0.116. The maximum absolute atomic E-state index is 13.3. The van der Waals surface area contributed by atoms with Crippen LogP contribution in [0.2, 0.25) is 0 Å². The first kappa shape index (κ1) is 23.1. The maximum atomic E-state index is 13.3. The van der Waals surface area contributed by atoms with E-state index in [2.05, 4.69) is 10.3 Å². The maximum Gasteiger partial charge on any atom is 0.244 e.